The fourth-order valence-corrected chi connectivity index (χ4v) is 1.43. The summed E-state index contributed by atoms with van der Waals surface area (Å²) in [4.78, 5) is 40.8. The second kappa shape index (κ2) is 3.72. The van der Waals surface area contributed by atoms with Crippen molar-refractivity contribution in [3.8, 4) is 0 Å². The van der Waals surface area contributed by atoms with E-state index in [9.17, 15) is 14.4 Å². The minimum atomic E-state index is -0.535. The molecule has 0 aliphatic heterocycles. The molecule has 0 radical (unpaired) electrons. The lowest BCUT2D eigenvalue weighted by Crippen LogP contribution is -2.24. The molecule has 2 heterocycles. The van der Waals surface area contributed by atoms with Gasteiger partial charge >= 0.3 is 17.3 Å². The lowest BCUT2D eigenvalue weighted by atomic mass is 10.6. The fourth-order valence-electron chi connectivity index (χ4n) is 1.43. The summed E-state index contributed by atoms with van der Waals surface area (Å²) in [6, 6.07) is 0. The Morgan fingerprint density at radius 2 is 2.06 bits per heavy atom. The van der Waals surface area contributed by atoms with Gasteiger partial charge in [-0.05, 0) is 6.92 Å². The molecule has 0 aromatic carbocycles. The van der Waals surface area contributed by atoms with Gasteiger partial charge < -0.3 is 4.74 Å². The number of nitrogens with one attached hydrogen (secondary N) is 3. The van der Waals surface area contributed by atoms with Crippen LogP contribution >= 0.6 is 0 Å². The molecule has 0 unspecified atom stereocenters. The lowest BCUT2D eigenvalue weighted by molar-refractivity contribution is -0.143. The van der Waals surface area contributed by atoms with Crippen LogP contribution in [0.2, 0.25) is 0 Å². The van der Waals surface area contributed by atoms with Gasteiger partial charge in [0.15, 0.2) is 11.3 Å². The number of hydrogen-bond acceptors (Lipinski definition) is 4. The highest BCUT2D eigenvalue weighted by atomic mass is 16.5. The van der Waals surface area contributed by atoms with Crippen LogP contribution in [-0.4, -0.2) is 32.1 Å². The Kier molecular flexibility index (Phi) is 2.39. The molecule has 8 nitrogen and oxygen atoms in total. The highest BCUT2D eigenvalue weighted by Crippen LogP contribution is 2.00. The third kappa shape index (κ3) is 1.64. The van der Waals surface area contributed by atoms with Crippen molar-refractivity contribution in [2.24, 2.45) is 0 Å². The van der Waals surface area contributed by atoms with Crippen LogP contribution in [-0.2, 0) is 16.1 Å². The summed E-state index contributed by atoms with van der Waals surface area (Å²) in [6.45, 7) is 1.68. The van der Waals surface area contributed by atoms with Gasteiger partial charge in [0, 0.05) is 0 Å². The molecule has 0 aliphatic carbocycles. The molecule has 0 fully saturated rings. The van der Waals surface area contributed by atoms with E-state index in [1.54, 1.807) is 6.92 Å². The topological polar surface area (TPSA) is 113 Å². The van der Waals surface area contributed by atoms with E-state index in [2.05, 4.69) is 15.0 Å². The number of carbonyl (C=O) groups is 1. The lowest BCUT2D eigenvalue weighted by Gasteiger charge is -2.01. The fraction of sp³-hybridized carbons (Fsp3) is 0.375. The molecular weight excluding hydrogens is 216 g/mol. The second-order valence-corrected chi connectivity index (χ2v) is 3.12. The summed E-state index contributed by atoms with van der Waals surface area (Å²) in [5.74, 6) is -0.535. The van der Waals surface area contributed by atoms with Crippen molar-refractivity contribution in [2.75, 3.05) is 6.61 Å². The van der Waals surface area contributed by atoms with Crippen molar-refractivity contribution in [2.45, 2.75) is 13.5 Å². The van der Waals surface area contributed by atoms with E-state index in [4.69, 9.17) is 4.74 Å². The number of aromatic nitrogens is 4. The Hall–Kier alpha value is -2.25. The van der Waals surface area contributed by atoms with Gasteiger partial charge in [-0.2, -0.15) is 0 Å². The second-order valence-electron chi connectivity index (χ2n) is 3.12. The Labute approximate surface area is 88.2 Å². The number of carbonyl (C=O) groups excluding carboxylic acids is 1. The molecule has 16 heavy (non-hydrogen) atoms. The largest absolute Gasteiger partial charge is 0.465 e. The zero-order chi connectivity index (χ0) is 11.7. The predicted molar refractivity (Wildman–Crippen MR) is 54.2 cm³/mol. The monoisotopic (exact) mass is 226 g/mol. The first-order chi connectivity index (χ1) is 7.61. The number of rotatable bonds is 3. The van der Waals surface area contributed by atoms with E-state index in [1.807, 2.05) is 0 Å². The van der Waals surface area contributed by atoms with Crippen LogP contribution in [0.1, 0.15) is 6.92 Å². The number of ether oxygens (including phenoxy) is 1. The summed E-state index contributed by atoms with van der Waals surface area (Å²) in [6.07, 6.45) is 0. The van der Waals surface area contributed by atoms with E-state index in [1.165, 1.54) is 0 Å². The van der Waals surface area contributed by atoms with Crippen molar-refractivity contribution in [3.63, 3.8) is 0 Å². The third-order valence-corrected chi connectivity index (χ3v) is 2.05. The number of fused-ring (bicyclic) bond motifs is 1. The minimum Gasteiger partial charge on any atom is -0.465 e. The molecule has 3 N–H and O–H groups in total. The first kappa shape index (κ1) is 10.3. The molecule has 0 aliphatic rings. The van der Waals surface area contributed by atoms with Crippen molar-refractivity contribution >= 4 is 17.3 Å². The summed E-state index contributed by atoms with van der Waals surface area (Å²) >= 11 is 0. The average molecular weight is 226 g/mol. The quantitative estimate of drug-likeness (QED) is 0.577. The van der Waals surface area contributed by atoms with Crippen LogP contribution in [0.15, 0.2) is 9.59 Å². The maximum absolute atomic E-state index is 11.4. The molecule has 2 aromatic rings. The number of esters is 1. The smallest absolute Gasteiger partial charge is 0.329 e. The summed E-state index contributed by atoms with van der Waals surface area (Å²) in [5.41, 5.74) is -0.410. The summed E-state index contributed by atoms with van der Waals surface area (Å²) in [7, 11) is 0. The Morgan fingerprint density at radius 1 is 1.31 bits per heavy atom. The number of aromatic amines is 3. The summed E-state index contributed by atoms with van der Waals surface area (Å²) < 4.78 is 5.81. The Balaban J connectivity index is 2.42. The van der Waals surface area contributed by atoms with E-state index in [-0.39, 0.29) is 24.4 Å². The summed E-state index contributed by atoms with van der Waals surface area (Å²) in [5, 5.41) is 0. The van der Waals surface area contributed by atoms with Gasteiger partial charge in [0.1, 0.15) is 6.54 Å². The first-order valence-corrected chi connectivity index (χ1v) is 4.68. The van der Waals surface area contributed by atoms with Crippen LogP contribution in [0.4, 0.5) is 0 Å². The van der Waals surface area contributed by atoms with Crippen LogP contribution in [0.5, 0.6) is 0 Å². The molecule has 0 bridgehead atoms. The van der Waals surface area contributed by atoms with Crippen molar-refractivity contribution in [1.82, 2.24) is 19.5 Å². The van der Waals surface area contributed by atoms with Crippen molar-refractivity contribution in [1.29, 1.82) is 0 Å². The molecule has 86 valence electrons. The minimum absolute atomic E-state index is 0.236. The van der Waals surface area contributed by atoms with Gasteiger partial charge in [0.25, 0.3) is 0 Å². The van der Waals surface area contributed by atoms with Crippen LogP contribution in [0.25, 0.3) is 11.3 Å². The highest BCUT2D eigenvalue weighted by Gasteiger charge is 2.13. The van der Waals surface area contributed by atoms with E-state index < -0.39 is 17.3 Å². The number of hydrogen-bond donors (Lipinski definition) is 3. The maximum atomic E-state index is 11.4. The normalized spacial score (nSPS) is 10.8. The van der Waals surface area contributed by atoms with Gasteiger partial charge in [-0.1, -0.05) is 0 Å². The predicted octanol–water partition coefficient (Wildman–Crippen LogP) is -1.09. The SMILES string of the molecule is CCOC(=O)Cn1c(=O)[nH]c2[nH]c(=O)[nH]c21. The van der Waals surface area contributed by atoms with Gasteiger partial charge in [0.05, 0.1) is 6.61 Å². The average Bonchev–Trinajstić information content (AvgIpc) is 2.66. The Bertz CT molecular complexity index is 628. The van der Waals surface area contributed by atoms with Gasteiger partial charge in [0.2, 0.25) is 0 Å². The molecule has 0 saturated heterocycles. The standard InChI is InChI=1S/C8H10N4O4/c1-2-16-4(13)3-12-6-5(10-8(12)15)9-7(14)11-6/h2-3H2,1H3,(H,10,15)(H2,9,11,14). The molecule has 0 saturated carbocycles. The Morgan fingerprint density at radius 3 is 2.75 bits per heavy atom. The van der Waals surface area contributed by atoms with Crippen LogP contribution in [0.3, 0.4) is 0 Å². The van der Waals surface area contributed by atoms with Gasteiger partial charge in [-0.3, -0.25) is 24.3 Å². The van der Waals surface area contributed by atoms with Crippen molar-refractivity contribution in [3.05, 3.63) is 21.0 Å². The van der Waals surface area contributed by atoms with Crippen LogP contribution in [0, 0.1) is 0 Å². The number of H-pyrrole nitrogens is 3. The highest BCUT2D eigenvalue weighted by molar-refractivity contribution is 5.73. The molecule has 0 amide bonds. The number of nitrogens with zero attached hydrogens (tertiary/aromatic N) is 1. The van der Waals surface area contributed by atoms with E-state index in [0.717, 1.165) is 4.57 Å². The third-order valence-electron chi connectivity index (χ3n) is 2.05. The van der Waals surface area contributed by atoms with E-state index >= 15 is 0 Å². The molecule has 8 heteroatoms. The van der Waals surface area contributed by atoms with Gasteiger partial charge in [-0.25, -0.2) is 9.59 Å². The molecular formula is C8H10N4O4. The van der Waals surface area contributed by atoms with Crippen molar-refractivity contribution < 1.29 is 9.53 Å². The first-order valence-electron chi connectivity index (χ1n) is 4.68. The van der Waals surface area contributed by atoms with E-state index in [0.29, 0.717) is 0 Å². The molecule has 0 spiro atoms. The zero-order valence-corrected chi connectivity index (χ0v) is 8.49. The van der Waals surface area contributed by atoms with Gasteiger partial charge in [-0.15, -0.1) is 0 Å². The maximum Gasteiger partial charge on any atom is 0.329 e. The zero-order valence-electron chi connectivity index (χ0n) is 8.49. The molecule has 2 aromatic heterocycles. The number of imidazole rings is 2. The molecule has 2 rings (SSSR count). The van der Waals surface area contributed by atoms with Crippen LogP contribution < -0.4 is 11.4 Å². The molecule has 0 atom stereocenters.